The lowest BCUT2D eigenvalue weighted by Gasteiger charge is -2.07. The number of benzene rings is 1. The summed E-state index contributed by atoms with van der Waals surface area (Å²) >= 11 is 0. The molecule has 0 saturated carbocycles. The van der Waals surface area contributed by atoms with Gasteiger partial charge in [0.2, 0.25) is 0 Å². The van der Waals surface area contributed by atoms with Crippen molar-refractivity contribution >= 4 is 5.65 Å². The molecule has 4 nitrogen and oxygen atoms in total. The van der Waals surface area contributed by atoms with Gasteiger partial charge in [0.1, 0.15) is 18.0 Å². The second-order valence-corrected chi connectivity index (χ2v) is 5.72. The third kappa shape index (κ3) is 2.98. The van der Waals surface area contributed by atoms with Crippen molar-refractivity contribution in [3.05, 3.63) is 66.0 Å². The number of imidazole rings is 1. The van der Waals surface area contributed by atoms with Gasteiger partial charge in [0.25, 0.3) is 0 Å². The number of aliphatic hydroxyl groups is 1. The van der Waals surface area contributed by atoms with E-state index in [2.05, 4.69) is 6.58 Å². The highest BCUT2D eigenvalue weighted by atomic mass is 16.5. The Morgan fingerprint density at radius 2 is 2.00 bits per heavy atom. The van der Waals surface area contributed by atoms with Crippen molar-refractivity contribution in [2.75, 3.05) is 6.61 Å². The summed E-state index contributed by atoms with van der Waals surface area (Å²) in [5.74, 6) is 0.794. The van der Waals surface area contributed by atoms with E-state index in [1.54, 1.807) is 0 Å². The fourth-order valence-corrected chi connectivity index (χ4v) is 2.55. The summed E-state index contributed by atoms with van der Waals surface area (Å²) in [6, 6.07) is 11.7. The van der Waals surface area contributed by atoms with Gasteiger partial charge in [-0.25, -0.2) is 4.98 Å². The van der Waals surface area contributed by atoms with Crippen LogP contribution in [0.15, 0.2) is 54.7 Å². The van der Waals surface area contributed by atoms with E-state index in [4.69, 9.17) is 9.72 Å². The summed E-state index contributed by atoms with van der Waals surface area (Å²) in [7, 11) is 0. The average molecular weight is 308 g/mol. The molecule has 0 aliphatic heterocycles. The molecule has 0 spiro atoms. The van der Waals surface area contributed by atoms with Crippen LogP contribution in [-0.4, -0.2) is 21.1 Å². The second-order valence-electron chi connectivity index (χ2n) is 5.72. The highest BCUT2D eigenvalue weighted by Gasteiger charge is 2.14. The number of pyridine rings is 1. The predicted octanol–water partition coefficient (Wildman–Crippen LogP) is 3.76. The van der Waals surface area contributed by atoms with Crippen molar-refractivity contribution < 1.29 is 9.84 Å². The Bertz CT molecular complexity index is 848. The number of aryl methyl sites for hydroxylation is 1. The van der Waals surface area contributed by atoms with E-state index in [-0.39, 0.29) is 6.61 Å². The smallest absolute Gasteiger partial charge is 0.140 e. The molecule has 0 aliphatic rings. The van der Waals surface area contributed by atoms with E-state index in [0.717, 1.165) is 39.5 Å². The maximum absolute atomic E-state index is 9.76. The molecule has 3 aromatic rings. The van der Waals surface area contributed by atoms with E-state index < -0.39 is 0 Å². The Kier molecular flexibility index (Phi) is 4.17. The summed E-state index contributed by atoms with van der Waals surface area (Å²) in [5, 5.41) is 9.76. The number of aliphatic hydroxyl groups excluding tert-OH is 1. The largest absolute Gasteiger partial charge is 0.489 e. The van der Waals surface area contributed by atoms with Crippen LogP contribution >= 0.6 is 0 Å². The lowest BCUT2D eigenvalue weighted by molar-refractivity contribution is 0.276. The fraction of sp³-hybridized carbons (Fsp3) is 0.211. The van der Waals surface area contributed by atoms with Gasteiger partial charge in [0.15, 0.2) is 0 Å². The Morgan fingerprint density at radius 1 is 1.26 bits per heavy atom. The maximum Gasteiger partial charge on any atom is 0.140 e. The summed E-state index contributed by atoms with van der Waals surface area (Å²) in [5.41, 5.74) is 5.48. The molecule has 0 amide bonds. The first-order chi connectivity index (χ1) is 11.1. The molecule has 0 bridgehead atoms. The molecule has 23 heavy (non-hydrogen) atoms. The fourth-order valence-electron chi connectivity index (χ4n) is 2.55. The SMILES string of the molecule is C=C(C)COc1ccc(-c2nc3c(C)cccn3c2CO)cc1. The molecule has 0 fully saturated rings. The van der Waals surface area contributed by atoms with Gasteiger partial charge in [-0.15, -0.1) is 0 Å². The van der Waals surface area contributed by atoms with Crippen LogP contribution in [0.25, 0.3) is 16.9 Å². The van der Waals surface area contributed by atoms with Crippen molar-refractivity contribution in [2.24, 2.45) is 0 Å². The number of hydrogen-bond acceptors (Lipinski definition) is 3. The average Bonchev–Trinajstić information content (AvgIpc) is 2.93. The summed E-state index contributed by atoms with van der Waals surface area (Å²) in [4.78, 5) is 4.71. The van der Waals surface area contributed by atoms with E-state index in [1.807, 2.05) is 60.8 Å². The molecule has 0 aliphatic carbocycles. The molecule has 1 aromatic carbocycles. The van der Waals surface area contributed by atoms with E-state index in [1.165, 1.54) is 0 Å². The summed E-state index contributed by atoms with van der Waals surface area (Å²) < 4.78 is 7.56. The van der Waals surface area contributed by atoms with Crippen LogP contribution in [-0.2, 0) is 6.61 Å². The Labute approximate surface area is 135 Å². The highest BCUT2D eigenvalue weighted by molar-refractivity contribution is 5.68. The normalized spacial score (nSPS) is 10.9. The topological polar surface area (TPSA) is 46.8 Å². The standard InChI is InChI=1S/C19H20N2O2/c1-13(2)12-23-16-8-6-15(7-9-16)18-17(11-22)21-10-4-5-14(3)19(21)20-18/h4-10,22H,1,11-12H2,2-3H3. The van der Waals surface area contributed by atoms with Crippen LogP contribution in [0, 0.1) is 6.92 Å². The summed E-state index contributed by atoms with van der Waals surface area (Å²) in [6.45, 7) is 8.22. The van der Waals surface area contributed by atoms with E-state index >= 15 is 0 Å². The third-order valence-electron chi connectivity index (χ3n) is 3.71. The molecule has 0 unspecified atom stereocenters. The van der Waals surface area contributed by atoms with Crippen molar-refractivity contribution in [1.29, 1.82) is 0 Å². The number of hydrogen-bond donors (Lipinski definition) is 1. The molecule has 118 valence electrons. The van der Waals surface area contributed by atoms with Crippen LogP contribution in [0.2, 0.25) is 0 Å². The Morgan fingerprint density at radius 3 is 2.65 bits per heavy atom. The highest BCUT2D eigenvalue weighted by Crippen LogP contribution is 2.27. The van der Waals surface area contributed by atoms with Crippen molar-refractivity contribution in [3.63, 3.8) is 0 Å². The van der Waals surface area contributed by atoms with Gasteiger partial charge >= 0.3 is 0 Å². The number of aromatic nitrogens is 2. The number of rotatable bonds is 5. The number of ether oxygens (including phenoxy) is 1. The molecule has 2 aromatic heterocycles. The van der Waals surface area contributed by atoms with Crippen LogP contribution in [0.5, 0.6) is 5.75 Å². The number of fused-ring (bicyclic) bond motifs is 1. The molecule has 0 radical (unpaired) electrons. The van der Waals surface area contributed by atoms with Crippen LogP contribution < -0.4 is 4.74 Å². The number of nitrogens with zero attached hydrogens (tertiary/aromatic N) is 2. The molecule has 2 heterocycles. The molecule has 0 saturated heterocycles. The van der Waals surface area contributed by atoms with Crippen molar-refractivity contribution in [3.8, 4) is 17.0 Å². The van der Waals surface area contributed by atoms with Gasteiger partial charge < -0.3 is 14.2 Å². The van der Waals surface area contributed by atoms with Gasteiger partial charge in [-0.05, 0) is 55.3 Å². The van der Waals surface area contributed by atoms with Gasteiger partial charge in [-0.3, -0.25) is 0 Å². The minimum atomic E-state index is -0.0616. The van der Waals surface area contributed by atoms with Crippen LogP contribution in [0.1, 0.15) is 18.2 Å². The Hall–Kier alpha value is -2.59. The summed E-state index contributed by atoms with van der Waals surface area (Å²) in [6.07, 6.45) is 1.93. The van der Waals surface area contributed by atoms with Crippen molar-refractivity contribution in [2.45, 2.75) is 20.5 Å². The van der Waals surface area contributed by atoms with Gasteiger partial charge in [-0.2, -0.15) is 0 Å². The van der Waals surface area contributed by atoms with Gasteiger partial charge in [0.05, 0.1) is 18.0 Å². The lowest BCUT2D eigenvalue weighted by atomic mass is 10.1. The van der Waals surface area contributed by atoms with Gasteiger partial charge in [0, 0.05) is 11.8 Å². The Balaban J connectivity index is 1.99. The molecular weight excluding hydrogens is 288 g/mol. The zero-order chi connectivity index (χ0) is 16.4. The predicted molar refractivity (Wildman–Crippen MR) is 91.6 cm³/mol. The van der Waals surface area contributed by atoms with Crippen molar-refractivity contribution in [1.82, 2.24) is 9.38 Å². The second kappa shape index (κ2) is 6.26. The first-order valence-electron chi connectivity index (χ1n) is 7.55. The van der Waals surface area contributed by atoms with E-state index in [9.17, 15) is 5.11 Å². The van der Waals surface area contributed by atoms with E-state index in [0.29, 0.717) is 6.61 Å². The monoisotopic (exact) mass is 308 g/mol. The lowest BCUT2D eigenvalue weighted by Crippen LogP contribution is -1.97. The van der Waals surface area contributed by atoms with Crippen LogP contribution in [0.4, 0.5) is 0 Å². The molecule has 0 atom stereocenters. The molecule has 1 N–H and O–H groups in total. The minimum absolute atomic E-state index is 0.0616. The first-order valence-corrected chi connectivity index (χ1v) is 7.55. The zero-order valence-corrected chi connectivity index (χ0v) is 13.4. The zero-order valence-electron chi connectivity index (χ0n) is 13.4. The maximum atomic E-state index is 9.76. The molecular formula is C19H20N2O2. The van der Waals surface area contributed by atoms with Gasteiger partial charge in [-0.1, -0.05) is 12.6 Å². The molecule has 4 heteroatoms. The third-order valence-corrected chi connectivity index (χ3v) is 3.71. The molecule has 3 rings (SSSR count). The van der Waals surface area contributed by atoms with Crippen LogP contribution in [0.3, 0.4) is 0 Å². The minimum Gasteiger partial charge on any atom is -0.489 e. The first kappa shape index (κ1) is 15.3. The quantitative estimate of drug-likeness (QED) is 0.730.